The van der Waals surface area contributed by atoms with Gasteiger partial charge in [0.2, 0.25) is 0 Å². The van der Waals surface area contributed by atoms with Crippen LogP contribution in [-0.4, -0.2) is 14.1 Å². The van der Waals surface area contributed by atoms with Crippen LogP contribution in [0.1, 0.15) is 0 Å². The van der Waals surface area contributed by atoms with Gasteiger partial charge >= 0.3 is 0 Å². The molecule has 2 aromatic carbocycles. The van der Waals surface area contributed by atoms with E-state index in [9.17, 15) is 9.59 Å². The van der Waals surface area contributed by atoms with E-state index in [1.807, 2.05) is 30.3 Å². The number of benzene rings is 1. The molecule has 0 saturated heterocycles. The average Bonchev–Trinajstić information content (AvgIpc) is 2.34. The number of nitrogens with one attached hydrogen (secondary N) is 1. The van der Waals surface area contributed by atoms with Gasteiger partial charge in [-0.25, -0.2) is 0 Å². The maximum absolute atomic E-state index is 11.5. The number of para-hydroxylation sites is 1. The number of hydrogen-bond acceptors (Lipinski definition) is 4. The van der Waals surface area contributed by atoms with Crippen LogP contribution in [0.5, 0.6) is 0 Å². The highest BCUT2D eigenvalue weighted by Gasteiger charge is 2.23. The zero-order valence-electron chi connectivity index (χ0n) is 9.15. The predicted octanol–water partition coefficient (Wildman–Crippen LogP) is 1.09. The summed E-state index contributed by atoms with van der Waals surface area (Å²) in [7, 11) is 3.41. The number of hydrogen-bond donors (Lipinski definition) is 1. The third-order valence-electron chi connectivity index (χ3n) is 2.61. The van der Waals surface area contributed by atoms with Gasteiger partial charge in [-0.3, -0.25) is 9.59 Å². The smallest absolute Gasteiger partial charge is 0.253 e. The van der Waals surface area contributed by atoms with E-state index >= 15 is 0 Å². The van der Waals surface area contributed by atoms with Gasteiger partial charge in [-0.1, -0.05) is 18.2 Å². The highest BCUT2D eigenvalue weighted by atomic mass is 16.2. The molecule has 0 spiro atoms. The Kier molecular flexibility index (Phi) is 2.48. The van der Waals surface area contributed by atoms with Crippen LogP contribution < -0.4 is 21.1 Å². The molecule has 4 heteroatoms. The lowest BCUT2D eigenvalue weighted by atomic mass is 10.1. The van der Waals surface area contributed by atoms with Gasteiger partial charge in [0.1, 0.15) is 11.4 Å². The fourth-order valence-corrected chi connectivity index (χ4v) is 1.71. The minimum atomic E-state index is -0.444. The van der Waals surface area contributed by atoms with Crippen LogP contribution >= 0.6 is 0 Å². The Balaban J connectivity index is 2.43. The summed E-state index contributed by atoms with van der Waals surface area (Å²) in [5.41, 5.74) is 0.817. The average molecular weight is 216 g/mol. The van der Waals surface area contributed by atoms with Gasteiger partial charge in [0.05, 0.1) is 0 Å². The molecule has 0 unspecified atom stereocenters. The summed E-state index contributed by atoms with van der Waals surface area (Å²) in [6.45, 7) is 0. The SMILES string of the molecule is CNc1c(N(C)c2ccccc2)c(=O)c1=O. The fourth-order valence-electron chi connectivity index (χ4n) is 1.71. The molecule has 2 aromatic rings. The molecule has 0 atom stereocenters. The Labute approximate surface area is 92.8 Å². The molecule has 0 amide bonds. The molecular formula is C12H12N2O2. The second kappa shape index (κ2) is 3.81. The first-order valence-electron chi connectivity index (χ1n) is 4.96. The van der Waals surface area contributed by atoms with Crippen molar-refractivity contribution in [2.45, 2.75) is 0 Å². The lowest BCUT2D eigenvalue weighted by molar-refractivity contribution is 1.15. The van der Waals surface area contributed by atoms with E-state index in [-0.39, 0.29) is 0 Å². The molecule has 0 aliphatic heterocycles. The topological polar surface area (TPSA) is 49.4 Å². The normalized spacial score (nSPS) is 10.4. The quantitative estimate of drug-likeness (QED) is 0.780. The van der Waals surface area contributed by atoms with Crippen LogP contribution in [0.2, 0.25) is 0 Å². The zero-order valence-corrected chi connectivity index (χ0v) is 9.15. The van der Waals surface area contributed by atoms with Crippen LogP contribution in [0.15, 0.2) is 39.9 Å². The first kappa shape index (κ1) is 10.4. The second-order valence-electron chi connectivity index (χ2n) is 3.53. The van der Waals surface area contributed by atoms with Gasteiger partial charge in [-0.2, -0.15) is 0 Å². The predicted molar refractivity (Wildman–Crippen MR) is 65.4 cm³/mol. The third-order valence-corrected chi connectivity index (χ3v) is 2.61. The van der Waals surface area contributed by atoms with E-state index in [0.29, 0.717) is 11.4 Å². The molecule has 0 fully saturated rings. The lowest BCUT2D eigenvalue weighted by Gasteiger charge is -2.22. The molecule has 4 nitrogen and oxygen atoms in total. The molecule has 1 N–H and O–H groups in total. The van der Waals surface area contributed by atoms with Crippen LogP contribution in [0.25, 0.3) is 0 Å². The molecule has 0 bridgehead atoms. The van der Waals surface area contributed by atoms with Gasteiger partial charge < -0.3 is 10.2 Å². The van der Waals surface area contributed by atoms with Crippen molar-refractivity contribution >= 4 is 17.1 Å². The maximum atomic E-state index is 11.5. The van der Waals surface area contributed by atoms with Gasteiger partial charge in [0.15, 0.2) is 0 Å². The molecule has 0 aliphatic carbocycles. The molecular weight excluding hydrogens is 204 g/mol. The largest absolute Gasteiger partial charge is 0.383 e. The van der Waals surface area contributed by atoms with E-state index in [1.54, 1.807) is 19.0 Å². The molecule has 82 valence electrons. The molecule has 16 heavy (non-hydrogen) atoms. The van der Waals surface area contributed by atoms with Gasteiger partial charge in [-0.05, 0) is 12.1 Å². The van der Waals surface area contributed by atoms with Crippen molar-refractivity contribution in [2.75, 3.05) is 24.3 Å². The molecule has 0 radical (unpaired) electrons. The van der Waals surface area contributed by atoms with E-state index < -0.39 is 10.9 Å². The van der Waals surface area contributed by atoms with Crippen LogP contribution in [0.3, 0.4) is 0 Å². The van der Waals surface area contributed by atoms with Crippen molar-refractivity contribution in [1.82, 2.24) is 0 Å². The van der Waals surface area contributed by atoms with Crippen molar-refractivity contribution < 1.29 is 0 Å². The van der Waals surface area contributed by atoms with E-state index in [4.69, 9.17) is 0 Å². The van der Waals surface area contributed by atoms with Crippen molar-refractivity contribution in [1.29, 1.82) is 0 Å². The van der Waals surface area contributed by atoms with Crippen LogP contribution in [0, 0.1) is 0 Å². The van der Waals surface area contributed by atoms with Gasteiger partial charge in [0, 0.05) is 19.8 Å². The minimum Gasteiger partial charge on any atom is -0.383 e. The Hall–Kier alpha value is -2.10. The first-order chi connectivity index (χ1) is 7.66. The monoisotopic (exact) mass is 216 g/mol. The first-order valence-corrected chi connectivity index (χ1v) is 4.96. The third kappa shape index (κ3) is 1.39. The number of anilines is 3. The lowest BCUT2D eigenvalue weighted by Crippen LogP contribution is -2.39. The summed E-state index contributed by atoms with van der Waals surface area (Å²) in [5, 5.41) is 2.75. The van der Waals surface area contributed by atoms with Crippen molar-refractivity contribution in [3.8, 4) is 0 Å². The van der Waals surface area contributed by atoms with Gasteiger partial charge in [0.25, 0.3) is 10.9 Å². The summed E-state index contributed by atoms with van der Waals surface area (Å²) in [6, 6.07) is 9.44. The molecule has 0 saturated carbocycles. The Morgan fingerprint density at radius 3 is 2.25 bits per heavy atom. The van der Waals surface area contributed by atoms with Crippen LogP contribution in [-0.2, 0) is 0 Å². The number of rotatable bonds is 3. The summed E-state index contributed by atoms with van der Waals surface area (Å²) in [5.74, 6) is 0. The summed E-state index contributed by atoms with van der Waals surface area (Å²) >= 11 is 0. The fraction of sp³-hybridized carbons (Fsp3) is 0.167. The second-order valence-corrected chi connectivity index (χ2v) is 3.53. The Morgan fingerprint density at radius 2 is 1.69 bits per heavy atom. The Morgan fingerprint density at radius 1 is 1.06 bits per heavy atom. The molecule has 0 aliphatic rings. The number of nitrogens with zero attached hydrogens (tertiary/aromatic N) is 1. The van der Waals surface area contributed by atoms with Crippen molar-refractivity contribution in [3.63, 3.8) is 0 Å². The van der Waals surface area contributed by atoms with E-state index in [2.05, 4.69) is 5.32 Å². The van der Waals surface area contributed by atoms with Gasteiger partial charge in [-0.15, -0.1) is 0 Å². The van der Waals surface area contributed by atoms with Crippen LogP contribution in [0.4, 0.5) is 17.1 Å². The summed E-state index contributed by atoms with van der Waals surface area (Å²) in [4.78, 5) is 24.4. The Bertz CT molecular complexity index is 568. The molecule has 2 rings (SSSR count). The van der Waals surface area contributed by atoms with Crippen molar-refractivity contribution in [3.05, 3.63) is 50.8 Å². The van der Waals surface area contributed by atoms with E-state index in [0.717, 1.165) is 5.69 Å². The summed E-state index contributed by atoms with van der Waals surface area (Å²) in [6.07, 6.45) is 0. The minimum absolute atomic E-state index is 0.386. The maximum Gasteiger partial charge on any atom is 0.253 e. The molecule has 0 aromatic heterocycles. The molecule has 0 heterocycles. The zero-order chi connectivity index (χ0) is 11.7. The van der Waals surface area contributed by atoms with Crippen molar-refractivity contribution in [2.24, 2.45) is 0 Å². The summed E-state index contributed by atoms with van der Waals surface area (Å²) < 4.78 is 0. The highest BCUT2D eigenvalue weighted by molar-refractivity contribution is 5.79. The standard InChI is InChI=1S/C12H12N2O2/c1-13-9-10(12(16)11(9)15)14(2)8-6-4-3-5-7-8/h3-7,13H,1-2H3. The van der Waals surface area contributed by atoms with E-state index in [1.165, 1.54) is 0 Å². The highest BCUT2D eigenvalue weighted by Crippen LogP contribution is 2.25.